The summed E-state index contributed by atoms with van der Waals surface area (Å²) in [4.78, 5) is 4.08. The molecular weight excluding hydrogens is 214 g/mol. The molecule has 5 nitrogen and oxygen atoms in total. The van der Waals surface area contributed by atoms with Gasteiger partial charge in [0, 0.05) is 23.5 Å². The molecule has 0 saturated carbocycles. The first kappa shape index (κ1) is 9.77. The maximum atomic E-state index is 5.80. The highest BCUT2D eigenvalue weighted by atomic mass is 15.3. The molecule has 2 aromatic heterocycles. The van der Waals surface area contributed by atoms with Crippen molar-refractivity contribution in [3.8, 4) is 11.4 Å². The van der Waals surface area contributed by atoms with Crippen LogP contribution in [0.3, 0.4) is 0 Å². The highest BCUT2D eigenvalue weighted by molar-refractivity contribution is 5.67. The molecule has 0 saturated heterocycles. The zero-order chi connectivity index (χ0) is 11.8. The molecule has 5 heteroatoms. The lowest BCUT2D eigenvalue weighted by atomic mass is 10.1. The summed E-state index contributed by atoms with van der Waals surface area (Å²) < 4.78 is 1.85. The van der Waals surface area contributed by atoms with Crippen LogP contribution in [0.4, 0.5) is 5.69 Å². The molecule has 3 aromatic rings. The Morgan fingerprint density at radius 1 is 1.18 bits per heavy atom. The van der Waals surface area contributed by atoms with Gasteiger partial charge in [-0.05, 0) is 24.6 Å². The predicted octanol–water partition coefficient (Wildman–Crippen LogP) is 1.68. The highest BCUT2D eigenvalue weighted by Crippen LogP contribution is 2.24. The minimum atomic E-state index is 0.714. The van der Waals surface area contributed by atoms with Gasteiger partial charge >= 0.3 is 0 Å². The lowest BCUT2D eigenvalue weighted by Crippen LogP contribution is -1.94. The van der Waals surface area contributed by atoms with Crippen molar-refractivity contribution in [3.05, 3.63) is 42.4 Å². The molecule has 0 amide bonds. The van der Waals surface area contributed by atoms with E-state index in [4.69, 9.17) is 5.73 Å². The van der Waals surface area contributed by atoms with E-state index < -0.39 is 0 Å². The highest BCUT2D eigenvalue weighted by Gasteiger charge is 2.10. The Hall–Kier alpha value is -2.43. The van der Waals surface area contributed by atoms with Crippen molar-refractivity contribution in [2.45, 2.75) is 6.92 Å². The summed E-state index contributed by atoms with van der Waals surface area (Å²) in [7, 11) is 0. The quantitative estimate of drug-likeness (QED) is 0.640. The fourth-order valence-corrected chi connectivity index (χ4v) is 1.81. The lowest BCUT2D eigenvalue weighted by Gasteiger charge is -2.04. The number of hydrogen-bond acceptors (Lipinski definition) is 4. The maximum absolute atomic E-state index is 5.80. The first-order chi connectivity index (χ1) is 8.25. The van der Waals surface area contributed by atoms with Crippen LogP contribution in [0.25, 0.3) is 17.0 Å². The minimum Gasteiger partial charge on any atom is -0.399 e. The molecule has 3 rings (SSSR count). The Morgan fingerprint density at radius 3 is 2.94 bits per heavy atom. The van der Waals surface area contributed by atoms with Crippen molar-refractivity contribution < 1.29 is 0 Å². The van der Waals surface area contributed by atoms with Gasteiger partial charge in [-0.1, -0.05) is 6.07 Å². The van der Waals surface area contributed by atoms with E-state index in [1.807, 2.05) is 35.6 Å². The van der Waals surface area contributed by atoms with Gasteiger partial charge in [-0.3, -0.25) is 4.40 Å². The molecular formula is C12H11N5. The number of hydrogen-bond donors (Lipinski definition) is 1. The third-order valence-corrected chi connectivity index (χ3v) is 2.72. The molecule has 0 aliphatic rings. The van der Waals surface area contributed by atoms with Crippen LogP contribution in [0, 0.1) is 6.92 Å². The molecule has 0 bridgehead atoms. The number of nitrogen functional groups attached to an aromatic ring is 1. The van der Waals surface area contributed by atoms with Crippen LogP contribution in [-0.4, -0.2) is 19.6 Å². The van der Waals surface area contributed by atoms with Crippen LogP contribution in [0.1, 0.15) is 5.56 Å². The Kier molecular flexibility index (Phi) is 2.04. The van der Waals surface area contributed by atoms with Crippen molar-refractivity contribution in [1.29, 1.82) is 0 Å². The molecule has 0 unspecified atom stereocenters. The first-order valence-corrected chi connectivity index (χ1v) is 5.27. The van der Waals surface area contributed by atoms with Crippen LogP contribution < -0.4 is 5.73 Å². The molecule has 0 aliphatic carbocycles. The van der Waals surface area contributed by atoms with E-state index in [0.717, 1.165) is 22.6 Å². The largest absolute Gasteiger partial charge is 0.399 e. The van der Waals surface area contributed by atoms with E-state index in [1.54, 1.807) is 12.5 Å². The number of aryl methyl sites for hydroxylation is 1. The molecule has 0 radical (unpaired) electrons. The summed E-state index contributed by atoms with van der Waals surface area (Å²) in [5.74, 6) is 0.762. The van der Waals surface area contributed by atoms with Crippen LogP contribution in [-0.2, 0) is 0 Å². The van der Waals surface area contributed by atoms with Gasteiger partial charge in [0.05, 0.1) is 0 Å². The molecule has 1 aromatic carbocycles. The average Bonchev–Trinajstić information content (AvgIpc) is 2.76. The van der Waals surface area contributed by atoms with Gasteiger partial charge in [0.15, 0.2) is 11.5 Å². The molecule has 0 aliphatic heterocycles. The smallest absolute Gasteiger partial charge is 0.169 e. The average molecular weight is 225 g/mol. The van der Waals surface area contributed by atoms with Gasteiger partial charge in [0.2, 0.25) is 0 Å². The topological polar surface area (TPSA) is 69.1 Å². The molecule has 17 heavy (non-hydrogen) atoms. The number of anilines is 1. The summed E-state index contributed by atoms with van der Waals surface area (Å²) in [6.07, 6.45) is 3.40. The van der Waals surface area contributed by atoms with Crippen molar-refractivity contribution in [3.63, 3.8) is 0 Å². The second-order valence-corrected chi connectivity index (χ2v) is 3.91. The zero-order valence-electron chi connectivity index (χ0n) is 9.33. The normalized spacial score (nSPS) is 10.9. The molecule has 84 valence electrons. The number of fused-ring (bicyclic) bond motifs is 1. The molecule has 0 atom stereocenters. The number of aromatic nitrogens is 4. The fourth-order valence-electron chi connectivity index (χ4n) is 1.81. The Labute approximate surface area is 97.9 Å². The number of nitrogens with two attached hydrogens (primary N) is 1. The zero-order valence-corrected chi connectivity index (χ0v) is 9.33. The second-order valence-electron chi connectivity index (χ2n) is 3.91. The van der Waals surface area contributed by atoms with Gasteiger partial charge in [0.1, 0.15) is 6.33 Å². The Balaban J connectivity index is 2.31. The van der Waals surface area contributed by atoms with Gasteiger partial charge in [-0.25, -0.2) is 4.98 Å². The molecule has 2 N–H and O–H groups in total. The summed E-state index contributed by atoms with van der Waals surface area (Å²) in [5, 5.41) is 8.28. The van der Waals surface area contributed by atoms with Gasteiger partial charge in [-0.2, -0.15) is 0 Å². The Morgan fingerprint density at radius 2 is 2.06 bits per heavy atom. The van der Waals surface area contributed by atoms with E-state index in [-0.39, 0.29) is 0 Å². The number of benzene rings is 1. The van der Waals surface area contributed by atoms with Crippen molar-refractivity contribution >= 4 is 11.3 Å². The molecule has 0 spiro atoms. The van der Waals surface area contributed by atoms with Crippen molar-refractivity contribution in [2.75, 3.05) is 5.73 Å². The summed E-state index contributed by atoms with van der Waals surface area (Å²) in [6, 6.07) is 7.57. The lowest BCUT2D eigenvalue weighted by molar-refractivity contribution is 1.08. The third kappa shape index (κ3) is 1.52. The van der Waals surface area contributed by atoms with Crippen LogP contribution in [0.15, 0.2) is 36.8 Å². The van der Waals surface area contributed by atoms with Crippen LogP contribution in [0.2, 0.25) is 0 Å². The van der Waals surface area contributed by atoms with Gasteiger partial charge in [-0.15, -0.1) is 10.2 Å². The van der Waals surface area contributed by atoms with E-state index in [0.29, 0.717) is 5.69 Å². The van der Waals surface area contributed by atoms with Crippen LogP contribution >= 0.6 is 0 Å². The van der Waals surface area contributed by atoms with E-state index in [9.17, 15) is 0 Å². The Bertz CT molecular complexity index is 686. The molecule has 0 fully saturated rings. The van der Waals surface area contributed by atoms with Crippen LogP contribution in [0.5, 0.6) is 0 Å². The van der Waals surface area contributed by atoms with Crippen molar-refractivity contribution in [1.82, 2.24) is 19.6 Å². The van der Waals surface area contributed by atoms with Crippen molar-refractivity contribution in [2.24, 2.45) is 0 Å². The predicted molar refractivity (Wildman–Crippen MR) is 65.4 cm³/mol. The van der Waals surface area contributed by atoms with E-state index >= 15 is 0 Å². The van der Waals surface area contributed by atoms with Gasteiger partial charge in [0.25, 0.3) is 0 Å². The number of nitrogens with zero attached hydrogens (tertiary/aromatic N) is 4. The third-order valence-electron chi connectivity index (χ3n) is 2.72. The minimum absolute atomic E-state index is 0.714. The monoisotopic (exact) mass is 225 g/mol. The van der Waals surface area contributed by atoms with Gasteiger partial charge < -0.3 is 5.73 Å². The molecule has 2 heterocycles. The second kappa shape index (κ2) is 3.55. The SMILES string of the molecule is Cc1ccc(N)cc1-c1nnc2ccncn12. The standard InChI is InChI=1S/C12H11N5/c1-8-2-3-9(13)6-10(8)12-16-15-11-4-5-14-7-17(11)12/h2-7H,13H2,1H3. The first-order valence-electron chi connectivity index (χ1n) is 5.27. The maximum Gasteiger partial charge on any atom is 0.169 e. The van der Waals surface area contributed by atoms with E-state index in [1.165, 1.54) is 0 Å². The summed E-state index contributed by atoms with van der Waals surface area (Å²) in [6.45, 7) is 2.02. The fraction of sp³-hybridized carbons (Fsp3) is 0.0833. The number of rotatable bonds is 1. The summed E-state index contributed by atoms with van der Waals surface area (Å²) in [5.41, 5.74) is 9.38. The van der Waals surface area contributed by atoms with E-state index in [2.05, 4.69) is 15.2 Å². The summed E-state index contributed by atoms with van der Waals surface area (Å²) >= 11 is 0.